The van der Waals surface area contributed by atoms with Crippen LogP contribution >= 0.6 is 0 Å². The molecule has 0 saturated carbocycles. The standard InChI is InChI=1S/C17H22N4O5/c1-26-11-2-3-12-14(8-11)21(16(23)9-18-12)7-6-20-5-4-13(15(22)10-20)19-17(24)25/h2-3,8-9,13,15,19,22H,4-7,10H2,1H3,(H,24,25)/t13-,15-/m0/s1. The van der Waals surface area contributed by atoms with Crippen molar-refractivity contribution in [3.63, 3.8) is 0 Å². The Kier molecular flexibility index (Phi) is 5.38. The van der Waals surface area contributed by atoms with Crippen LogP contribution in [0.1, 0.15) is 6.42 Å². The summed E-state index contributed by atoms with van der Waals surface area (Å²) in [5, 5.41) is 21.2. The van der Waals surface area contributed by atoms with E-state index in [0.29, 0.717) is 49.4 Å². The van der Waals surface area contributed by atoms with Gasteiger partial charge < -0.3 is 24.8 Å². The topological polar surface area (TPSA) is 117 Å². The molecule has 2 heterocycles. The lowest BCUT2D eigenvalue weighted by atomic mass is 10.0. The molecule has 0 bridgehead atoms. The number of carbonyl (C=O) groups is 1. The number of benzene rings is 1. The van der Waals surface area contributed by atoms with Crippen molar-refractivity contribution in [1.29, 1.82) is 0 Å². The number of hydrogen-bond acceptors (Lipinski definition) is 6. The Bertz CT molecular complexity index is 853. The summed E-state index contributed by atoms with van der Waals surface area (Å²) in [6.07, 6.45) is -0.0861. The SMILES string of the molecule is COc1ccc2ncc(=O)n(CCN3CC[C@H](NC(=O)O)[C@@H](O)C3)c2c1. The van der Waals surface area contributed by atoms with E-state index in [0.717, 1.165) is 0 Å². The fourth-order valence-corrected chi connectivity index (χ4v) is 3.27. The minimum absolute atomic E-state index is 0.200. The van der Waals surface area contributed by atoms with Gasteiger partial charge >= 0.3 is 6.09 Å². The van der Waals surface area contributed by atoms with Crippen LogP contribution in [0.5, 0.6) is 5.75 Å². The van der Waals surface area contributed by atoms with Crippen LogP contribution in [0.3, 0.4) is 0 Å². The number of aliphatic hydroxyl groups excluding tert-OH is 1. The molecule has 2 atom stereocenters. The van der Waals surface area contributed by atoms with Crippen molar-refractivity contribution >= 4 is 17.1 Å². The maximum Gasteiger partial charge on any atom is 0.404 e. The molecule has 1 aromatic heterocycles. The fourth-order valence-electron chi connectivity index (χ4n) is 3.27. The van der Waals surface area contributed by atoms with Gasteiger partial charge in [0.25, 0.3) is 5.56 Å². The van der Waals surface area contributed by atoms with Crippen LogP contribution in [0.15, 0.2) is 29.2 Å². The Labute approximate surface area is 149 Å². The molecule has 0 unspecified atom stereocenters. The van der Waals surface area contributed by atoms with Gasteiger partial charge in [0.05, 0.1) is 36.5 Å². The molecule has 1 aromatic carbocycles. The summed E-state index contributed by atoms with van der Waals surface area (Å²) in [7, 11) is 1.57. The summed E-state index contributed by atoms with van der Waals surface area (Å²) >= 11 is 0. The molecule has 140 valence electrons. The molecule has 2 aromatic rings. The van der Waals surface area contributed by atoms with Crippen molar-refractivity contribution < 1.29 is 19.7 Å². The van der Waals surface area contributed by atoms with Crippen LogP contribution in [-0.2, 0) is 6.54 Å². The molecule has 9 nitrogen and oxygen atoms in total. The average molecular weight is 362 g/mol. The van der Waals surface area contributed by atoms with E-state index in [2.05, 4.69) is 10.3 Å². The molecule has 1 aliphatic rings. The molecule has 0 aliphatic carbocycles. The van der Waals surface area contributed by atoms with E-state index in [1.54, 1.807) is 29.9 Å². The Morgan fingerprint density at radius 3 is 2.92 bits per heavy atom. The van der Waals surface area contributed by atoms with Crippen LogP contribution < -0.4 is 15.6 Å². The van der Waals surface area contributed by atoms with E-state index < -0.39 is 18.2 Å². The van der Waals surface area contributed by atoms with Gasteiger partial charge in [-0.2, -0.15) is 0 Å². The van der Waals surface area contributed by atoms with Crippen molar-refractivity contribution in [2.45, 2.75) is 25.1 Å². The predicted octanol–water partition coefficient (Wildman–Crippen LogP) is 0.108. The summed E-state index contributed by atoms with van der Waals surface area (Å²) in [5.74, 6) is 0.648. The largest absolute Gasteiger partial charge is 0.497 e. The molecule has 1 amide bonds. The molecule has 9 heteroatoms. The maximum atomic E-state index is 12.3. The smallest absolute Gasteiger partial charge is 0.404 e. The van der Waals surface area contributed by atoms with Crippen molar-refractivity contribution in [1.82, 2.24) is 19.8 Å². The van der Waals surface area contributed by atoms with Crippen LogP contribution in [0.25, 0.3) is 11.0 Å². The van der Waals surface area contributed by atoms with Crippen LogP contribution in [0.4, 0.5) is 4.79 Å². The number of aromatic nitrogens is 2. The molecule has 3 N–H and O–H groups in total. The minimum Gasteiger partial charge on any atom is -0.497 e. The number of carboxylic acid groups (broad SMARTS) is 1. The number of hydrogen-bond donors (Lipinski definition) is 3. The van der Waals surface area contributed by atoms with Gasteiger partial charge in [0.2, 0.25) is 0 Å². The molecule has 1 fully saturated rings. The molecule has 1 aliphatic heterocycles. The average Bonchev–Trinajstić information content (AvgIpc) is 2.62. The maximum absolute atomic E-state index is 12.3. The highest BCUT2D eigenvalue weighted by molar-refractivity contribution is 5.76. The lowest BCUT2D eigenvalue weighted by Crippen LogP contribution is -2.54. The van der Waals surface area contributed by atoms with Gasteiger partial charge in [-0.1, -0.05) is 0 Å². The number of methoxy groups -OCH3 is 1. The van der Waals surface area contributed by atoms with E-state index in [1.165, 1.54) is 6.20 Å². The zero-order valence-corrected chi connectivity index (χ0v) is 14.5. The van der Waals surface area contributed by atoms with Gasteiger partial charge in [-0.15, -0.1) is 0 Å². The van der Waals surface area contributed by atoms with Gasteiger partial charge in [-0.25, -0.2) is 9.78 Å². The summed E-state index contributed by atoms with van der Waals surface area (Å²) < 4.78 is 6.87. The van der Waals surface area contributed by atoms with E-state index >= 15 is 0 Å². The Hall–Kier alpha value is -2.65. The highest BCUT2D eigenvalue weighted by atomic mass is 16.5. The quantitative estimate of drug-likeness (QED) is 0.691. The molecular weight excluding hydrogens is 340 g/mol. The molecular formula is C17H22N4O5. The monoisotopic (exact) mass is 362 g/mol. The minimum atomic E-state index is -1.13. The number of aliphatic hydroxyl groups is 1. The van der Waals surface area contributed by atoms with Gasteiger partial charge in [-0.05, 0) is 18.6 Å². The Balaban J connectivity index is 1.71. The molecule has 1 saturated heterocycles. The number of β-amino-alcohol motifs (C(OH)–C–C–N with tert-alkyl or cyclic N) is 1. The van der Waals surface area contributed by atoms with Crippen LogP contribution in [-0.4, -0.2) is 69.6 Å². The number of fused-ring (bicyclic) bond motifs is 1. The molecule has 3 rings (SSSR count). The number of piperidine rings is 1. The Morgan fingerprint density at radius 2 is 2.23 bits per heavy atom. The zero-order chi connectivity index (χ0) is 18.7. The van der Waals surface area contributed by atoms with Gasteiger partial charge in [-0.3, -0.25) is 9.69 Å². The van der Waals surface area contributed by atoms with E-state index in [9.17, 15) is 14.7 Å². The predicted molar refractivity (Wildman–Crippen MR) is 94.6 cm³/mol. The first-order valence-electron chi connectivity index (χ1n) is 8.41. The van der Waals surface area contributed by atoms with Crippen molar-refractivity contribution in [3.8, 4) is 5.75 Å². The Morgan fingerprint density at radius 1 is 1.42 bits per heavy atom. The second-order valence-electron chi connectivity index (χ2n) is 6.32. The fraction of sp³-hybridized carbons (Fsp3) is 0.471. The summed E-state index contributed by atoms with van der Waals surface area (Å²) in [6, 6.07) is 4.91. The second-order valence-corrected chi connectivity index (χ2v) is 6.32. The van der Waals surface area contributed by atoms with E-state index in [4.69, 9.17) is 9.84 Å². The number of nitrogens with zero attached hydrogens (tertiary/aromatic N) is 3. The first-order valence-corrected chi connectivity index (χ1v) is 8.41. The van der Waals surface area contributed by atoms with Gasteiger partial charge in [0, 0.05) is 32.2 Å². The van der Waals surface area contributed by atoms with Crippen LogP contribution in [0.2, 0.25) is 0 Å². The molecule has 26 heavy (non-hydrogen) atoms. The molecule has 0 spiro atoms. The van der Waals surface area contributed by atoms with E-state index in [-0.39, 0.29) is 5.56 Å². The van der Waals surface area contributed by atoms with E-state index in [1.807, 2.05) is 4.90 Å². The third-order valence-electron chi connectivity index (χ3n) is 4.67. The first-order chi connectivity index (χ1) is 12.5. The van der Waals surface area contributed by atoms with Crippen molar-refractivity contribution in [2.24, 2.45) is 0 Å². The number of ether oxygens (including phenoxy) is 1. The zero-order valence-electron chi connectivity index (χ0n) is 14.5. The summed E-state index contributed by atoms with van der Waals surface area (Å²) in [4.78, 5) is 29.2. The third kappa shape index (κ3) is 3.94. The molecule has 0 radical (unpaired) electrons. The number of likely N-dealkylation sites (tertiary alicyclic amines) is 1. The third-order valence-corrected chi connectivity index (χ3v) is 4.67. The first kappa shape index (κ1) is 18.2. The highest BCUT2D eigenvalue weighted by Crippen LogP contribution is 2.18. The highest BCUT2D eigenvalue weighted by Gasteiger charge is 2.28. The lowest BCUT2D eigenvalue weighted by Gasteiger charge is -2.35. The normalized spacial score (nSPS) is 20.8. The summed E-state index contributed by atoms with van der Waals surface area (Å²) in [6.45, 7) is 2.00. The van der Waals surface area contributed by atoms with Crippen LogP contribution in [0, 0.1) is 0 Å². The van der Waals surface area contributed by atoms with Gasteiger partial charge in [0.15, 0.2) is 0 Å². The van der Waals surface area contributed by atoms with Gasteiger partial charge in [0.1, 0.15) is 5.75 Å². The number of nitrogens with one attached hydrogen (secondary N) is 1. The number of rotatable bonds is 5. The summed E-state index contributed by atoms with van der Waals surface area (Å²) in [5.41, 5.74) is 1.20. The lowest BCUT2D eigenvalue weighted by molar-refractivity contribution is 0.0394. The van der Waals surface area contributed by atoms with Crippen molar-refractivity contribution in [2.75, 3.05) is 26.7 Å². The van der Waals surface area contributed by atoms with Crippen molar-refractivity contribution in [3.05, 3.63) is 34.7 Å². The number of amides is 1. The second kappa shape index (κ2) is 7.71.